The molecule has 7 heteroatoms. The number of hydrogen-bond donors (Lipinski definition) is 0. The molecule has 0 aromatic heterocycles. The number of nitriles is 1. The lowest BCUT2D eigenvalue weighted by Crippen LogP contribution is -2.35. The van der Waals surface area contributed by atoms with Crippen LogP contribution < -0.4 is 0 Å². The van der Waals surface area contributed by atoms with Crippen LogP contribution in [0.15, 0.2) is 18.2 Å². The van der Waals surface area contributed by atoms with E-state index in [1.54, 1.807) is 0 Å². The number of likely N-dealkylation sites (tertiary alicyclic amines) is 1. The average molecular weight is 280 g/mol. The first-order valence-electron chi connectivity index (χ1n) is 5.69. The van der Waals surface area contributed by atoms with E-state index < -0.39 is 16.9 Å². The van der Waals surface area contributed by atoms with Gasteiger partial charge >= 0.3 is 0 Å². The number of hydrogen-bond acceptors (Lipinski definition) is 4. The number of carbonyl (C=O) groups excluding carboxylic acids is 1. The van der Waals surface area contributed by atoms with Crippen LogP contribution in [0.5, 0.6) is 0 Å². The highest BCUT2D eigenvalue weighted by Crippen LogP contribution is 2.30. The van der Waals surface area contributed by atoms with Crippen LogP contribution in [0.4, 0.5) is 5.69 Å². The molecule has 6 nitrogen and oxygen atoms in total. The topological polar surface area (TPSA) is 87.2 Å². The molecule has 1 unspecified atom stereocenters. The molecule has 1 fully saturated rings. The first kappa shape index (κ1) is 13.3. The van der Waals surface area contributed by atoms with Crippen molar-refractivity contribution in [3.05, 3.63) is 38.9 Å². The van der Waals surface area contributed by atoms with Crippen LogP contribution in [0.25, 0.3) is 0 Å². The Hall–Kier alpha value is -2.13. The van der Waals surface area contributed by atoms with Crippen LogP contribution in [0.3, 0.4) is 0 Å². The predicted molar refractivity (Wildman–Crippen MR) is 67.8 cm³/mol. The van der Waals surface area contributed by atoms with Gasteiger partial charge in [-0.2, -0.15) is 5.26 Å². The first-order chi connectivity index (χ1) is 9.06. The largest absolute Gasteiger partial charge is 0.322 e. The number of carbonyl (C=O) groups is 1. The second-order valence-electron chi connectivity index (χ2n) is 4.18. The lowest BCUT2D eigenvalue weighted by atomic mass is 10.1. The summed E-state index contributed by atoms with van der Waals surface area (Å²) in [7, 11) is 0. The smallest absolute Gasteiger partial charge is 0.283 e. The summed E-state index contributed by atoms with van der Waals surface area (Å²) in [5, 5.41) is 20.0. The zero-order chi connectivity index (χ0) is 14.0. The third kappa shape index (κ3) is 2.37. The minimum absolute atomic E-state index is 0.0304. The van der Waals surface area contributed by atoms with Crippen molar-refractivity contribution in [3.63, 3.8) is 0 Å². The van der Waals surface area contributed by atoms with Gasteiger partial charge in [0.2, 0.25) is 0 Å². The fourth-order valence-electron chi connectivity index (χ4n) is 2.16. The van der Waals surface area contributed by atoms with Crippen LogP contribution in [-0.2, 0) is 0 Å². The lowest BCUT2D eigenvalue weighted by molar-refractivity contribution is -0.385. The van der Waals surface area contributed by atoms with Gasteiger partial charge in [-0.15, -0.1) is 0 Å². The quantitative estimate of drug-likeness (QED) is 0.614. The Morgan fingerprint density at radius 3 is 2.95 bits per heavy atom. The van der Waals surface area contributed by atoms with Gasteiger partial charge in [0.15, 0.2) is 0 Å². The molecule has 1 saturated heterocycles. The Kier molecular flexibility index (Phi) is 3.67. The highest BCUT2D eigenvalue weighted by atomic mass is 35.5. The highest BCUT2D eigenvalue weighted by molar-refractivity contribution is 6.34. The molecule has 0 bridgehead atoms. The molecule has 1 aromatic rings. The molecule has 0 N–H and O–H groups in total. The van der Waals surface area contributed by atoms with Crippen molar-refractivity contribution in [1.29, 1.82) is 5.26 Å². The molecular weight excluding hydrogens is 270 g/mol. The molecule has 0 saturated carbocycles. The van der Waals surface area contributed by atoms with Crippen molar-refractivity contribution in [2.24, 2.45) is 0 Å². The van der Waals surface area contributed by atoms with Gasteiger partial charge in [0.1, 0.15) is 11.6 Å². The van der Waals surface area contributed by atoms with Crippen molar-refractivity contribution < 1.29 is 9.72 Å². The fraction of sp³-hybridized carbons (Fsp3) is 0.333. The average Bonchev–Trinajstić information content (AvgIpc) is 2.85. The molecule has 1 amide bonds. The number of amides is 1. The third-order valence-electron chi connectivity index (χ3n) is 3.06. The molecule has 1 aliphatic heterocycles. The zero-order valence-corrected chi connectivity index (χ0v) is 10.6. The molecule has 0 aliphatic carbocycles. The summed E-state index contributed by atoms with van der Waals surface area (Å²) in [5.74, 6) is -0.554. The standard InChI is InChI=1S/C12H10ClN3O3/c13-9-4-1-5-10(16(18)19)11(9)12(17)15-6-2-3-8(15)7-14/h1,4-5,8H,2-3,6H2. The summed E-state index contributed by atoms with van der Waals surface area (Å²) >= 11 is 5.90. The molecule has 1 atom stereocenters. The van der Waals surface area contributed by atoms with E-state index in [0.29, 0.717) is 19.4 Å². The van der Waals surface area contributed by atoms with Crippen molar-refractivity contribution in [2.75, 3.05) is 6.54 Å². The van der Waals surface area contributed by atoms with E-state index in [4.69, 9.17) is 16.9 Å². The van der Waals surface area contributed by atoms with Gasteiger partial charge in [-0.1, -0.05) is 17.7 Å². The fourth-order valence-corrected chi connectivity index (χ4v) is 2.41. The number of nitro groups is 1. The highest BCUT2D eigenvalue weighted by Gasteiger charge is 2.34. The van der Waals surface area contributed by atoms with E-state index in [0.717, 1.165) is 0 Å². The molecule has 98 valence electrons. The number of nitrogens with zero attached hydrogens (tertiary/aromatic N) is 3. The normalized spacial score (nSPS) is 18.1. The van der Waals surface area contributed by atoms with Gasteiger partial charge in [-0.25, -0.2) is 0 Å². The number of halogens is 1. The maximum absolute atomic E-state index is 12.3. The van der Waals surface area contributed by atoms with E-state index in [-0.39, 0.29) is 16.3 Å². The Labute approximate surface area is 114 Å². The second kappa shape index (κ2) is 5.24. The van der Waals surface area contributed by atoms with Gasteiger partial charge in [0, 0.05) is 12.6 Å². The second-order valence-corrected chi connectivity index (χ2v) is 4.58. The van der Waals surface area contributed by atoms with Gasteiger partial charge in [-0.3, -0.25) is 14.9 Å². The summed E-state index contributed by atoms with van der Waals surface area (Å²) in [6, 6.07) is 5.57. The number of rotatable bonds is 2. The van der Waals surface area contributed by atoms with Crippen molar-refractivity contribution >= 4 is 23.2 Å². The van der Waals surface area contributed by atoms with Crippen LogP contribution in [0.1, 0.15) is 23.2 Å². The van der Waals surface area contributed by atoms with Crippen molar-refractivity contribution in [2.45, 2.75) is 18.9 Å². The predicted octanol–water partition coefficient (Wildman–Crippen LogP) is 2.38. The van der Waals surface area contributed by atoms with Crippen LogP contribution in [-0.4, -0.2) is 28.3 Å². The number of nitro benzene ring substituents is 1. The summed E-state index contributed by atoms with van der Waals surface area (Å²) in [4.78, 5) is 24.0. The minimum Gasteiger partial charge on any atom is -0.322 e. The molecule has 1 aliphatic rings. The molecule has 1 heterocycles. The van der Waals surface area contributed by atoms with Crippen LogP contribution in [0, 0.1) is 21.4 Å². The van der Waals surface area contributed by atoms with Gasteiger partial charge in [0.05, 0.1) is 16.0 Å². The first-order valence-corrected chi connectivity index (χ1v) is 6.07. The Bertz CT molecular complexity index is 582. The maximum atomic E-state index is 12.3. The van der Waals surface area contributed by atoms with Gasteiger partial charge in [0.25, 0.3) is 11.6 Å². The van der Waals surface area contributed by atoms with E-state index in [2.05, 4.69) is 0 Å². The lowest BCUT2D eigenvalue weighted by Gasteiger charge is -2.19. The maximum Gasteiger partial charge on any atom is 0.283 e. The van der Waals surface area contributed by atoms with E-state index in [1.807, 2.05) is 6.07 Å². The molecule has 19 heavy (non-hydrogen) atoms. The van der Waals surface area contributed by atoms with Crippen LogP contribution >= 0.6 is 11.6 Å². The van der Waals surface area contributed by atoms with Gasteiger partial charge in [-0.05, 0) is 18.9 Å². The van der Waals surface area contributed by atoms with Crippen LogP contribution in [0.2, 0.25) is 5.02 Å². The molecule has 0 spiro atoms. The van der Waals surface area contributed by atoms with Crippen molar-refractivity contribution in [3.8, 4) is 6.07 Å². The minimum atomic E-state index is -0.642. The van der Waals surface area contributed by atoms with E-state index in [1.165, 1.54) is 23.1 Å². The Morgan fingerprint density at radius 1 is 1.58 bits per heavy atom. The summed E-state index contributed by atoms with van der Waals surface area (Å²) < 4.78 is 0. The van der Waals surface area contributed by atoms with E-state index >= 15 is 0 Å². The van der Waals surface area contributed by atoms with Crippen molar-refractivity contribution in [1.82, 2.24) is 4.90 Å². The monoisotopic (exact) mass is 279 g/mol. The van der Waals surface area contributed by atoms with Gasteiger partial charge < -0.3 is 4.90 Å². The summed E-state index contributed by atoms with van der Waals surface area (Å²) in [6.07, 6.45) is 1.29. The summed E-state index contributed by atoms with van der Waals surface area (Å²) in [6.45, 7) is 0.416. The summed E-state index contributed by atoms with van der Waals surface area (Å²) in [5.41, 5.74) is -0.475. The molecule has 2 rings (SSSR count). The molecular formula is C12H10ClN3O3. The Morgan fingerprint density at radius 2 is 2.32 bits per heavy atom. The SMILES string of the molecule is N#CC1CCCN1C(=O)c1c(Cl)cccc1[N+](=O)[O-]. The third-order valence-corrected chi connectivity index (χ3v) is 3.38. The Balaban J connectivity index is 2.45. The zero-order valence-electron chi connectivity index (χ0n) is 9.88. The van der Waals surface area contributed by atoms with E-state index in [9.17, 15) is 14.9 Å². The molecule has 0 radical (unpaired) electrons. The molecule has 1 aromatic carbocycles. The number of benzene rings is 1.